The first kappa shape index (κ1) is 29.1. The third-order valence-electron chi connectivity index (χ3n) is 7.74. The average Bonchev–Trinajstić information content (AvgIpc) is 3.68. The zero-order chi connectivity index (χ0) is 31.0. The molecule has 1 fully saturated rings. The number of hydrogen-bond acceptors (Lipinski definition) is 6. The fraction of sp³-hybridized carbons (Fsp3) is 0.219. The summed E-state index contributed by atoms with van der Waals surface area (Å²) in [4.78, 5) is 24.4. The maximum absolute atomic E-state index is 15.5. The van der Waals surface area contributed by atoms with Gasteiger partial charge in [0.05, 0.1) is 28.4 Å². The molecular formula is C32H23ClF3N5O3. The summed E-state index contributed by atoms with van der Waals surface area (Å²) >= 11 is 5.78. The number of fused-ring (bicyclic) bond motifs is 1. The zero-order valence-electron chi connectivity index (χ0n) is 23.0. The van der Waals surface area contributed by atoms with E-state index in [1.165, 1.54) is 36.5 Å². The molecule has 2 aromatic heterocycles. The molecule has 1 N–H and O–H groups in total. The number of nitriles is 1. The Balaban J connectivity index is 1.29. The third kappa shape index (κ3) is 5.94. The van der Waals surface area contributed by atoms with E-state index in [2.05, 4.69) is 21.0 Å². The van der Waals surface area contributed by atoms with Crippen LogP contribution >= 0.6 is 11.6 Å². The molecule has 0 amide bonds. The molecule has 8 nitrogen and oxygen atoms in total. The van der Waals surface area contributed by atoms with Crippen LogP contribution in [0.25, 0.3) is 22.3 Å². The van der Waals surface area contributed by atoms with E-state index in [1.807, 2.05) is 4.57 Å². The van der Waals surface area contributed by atoms with Crippen LogP contribution in [0.4, 0.5) is 13.2 Å². The highest BCUT2D eigenvalue weighted by atomic mass is 35.5. The minimum absolute atomic E-state index is 0.0372. The first-order valence-corrected chi connectivity index (χ1v) is 14.0. The SMILES string of the molecule is N#CCC1(Cn2c(Cc3cc(F)c(-c4ccnc(OCc5ccc(Cl)cc5F)n4)cc3F)nc3ccc(C(=O)O)cc32)CC1. The number of imidazole rings is 1. The van der Waals surface area contributed by atoms with E-state index in [4.69, 9.17) is 16.3 Å². The molecule has 0 radical (unpaired) electrons. The monoisotopic (exact) mass is 617 g/mol. The van der Waals surface area contributed by atoms with E-state index in [0.29, 0.717) is 29.8 Å². The summed E-state index contributed by atoms with van der Waals surface area (Å²) in [6.07, 6.45) is 3.23. The minimum atomic E-state index is -1.10. The second-order valence-corrected chi connectivity index (χ2v) is 11.2. The highest BCUT2D eigenvalue weighted by Gasteiger charge is 2.43. The van der Waals surface area contributed by atoms with Gasteiger partial charge >= 0.3 is 12.0 Å². The smallest absolute Gasteiger partial charge is 0.335 e. The van der Waals surface area contributed by atoms with E-state index in [0.717, 1.165) is 31.0 Å². The fourth-order valence-corrected chi connectivity index (χ4v) is 5.28. The molecule has 0 saturated heterocycles. The molecule has 0 spiro atoms. The number of aromatic carboxylic acids is 1. The molecule has 5 aromatic rings. The number of aromatic nitrogens is 4. The van der Waals surface area contributed by atoms with Gasteiger partial charge in [-0.3, -0.25) is 0 Å². The lowest BCUT2D eigenvalue weighted by Crippen LogP contribution is -2.15. The Hall–Kier alpha value is -4.95. The van der Waals surface area contributed by atoms with Gasteiger partial charge in [-0.15, -0.1) is 0 Å². The molecule has 12 heteroatoms. The maximum Gasteiger partial charge on any atom is 0.335 e. The summed E-state index contributed by atoms with van der Waals surface area (Å²) in [5.74, 6) is -2.68. The van der Waals surface area contributed by atoms with Crippen molar-refractivity contribution in [1.82, 2.24) is 19.5 Å². The van der Waals surface area contributed by atoms with Crippen LogP contribution in [0.1, 0.15) is 46.6 Å². The second-order valence-electron chi connectivity index (χ2n) is 10.8. The summed E-state index contributed by atoms with van der Waals surface area (Å²) in [5.41, 5.74) is 1.07. The Morgan fingerprint density at radius 3 is 2.55 bits per heavy atom. The third-order valence-corrected chi connectivity index (χ3v) is 7.98. The van der Waals surface area contributed by atoms with Crippen LogP contribution in [-0.4, -0.2) is 30.6 Å². The molecule has 6 rings (SSSR count). The van der Waals surface area contributed by atoms with Crippen LogP contribution in [-0.2, 0) is 19.6 Å². The van der Waals surface area contributed by atoms with E-state index in [-0.39, 0.29) is 57.4 Å². The number of rotatable bonds is 10. The molecule has 1 aliphatic rings. The Kier molecular flexibility index (Phi) is 7.69. The number of benzene rings is 3. The van der Waals surface area contributed by atoms with E-state index in [9.17, 15) is 19.6 Å². The van der Waals surface area contributed by atoms with Crippen LogP contribution in [0, 0.1) is 34.2 Å². The molecule has 2 heterocycles. The molecule has 0 atom stereocenters. The fourth-order valence-electron chi connectivity index (χ4n) is 5.12. The molecule has 44 heavy (non-hydrogen) atoms. The molecule has 3 aromatic carbocycles. The van der Waals surface area contributed by atoms with Gasteiger partial charge in [0.25, 0.3) is 0 Å². The van der Waals surface area contributed by atoms with Crippen LogP contribution < -0.4 is 4.74 Å². The Morgan fingerprint density at radius 2 is 1.82 bits per heavy atom. The van der Waals surface area contributed by atoms with Crippen molar-refractivity contribution in [3.8, 4) is 23.3 Å². The van der Waals surface area contributed by atoms with Gasteiger partial charge in [-0.25, -0.2) is 27.9 Å². The number of halogens is 4. The highest BCUT2D eigenvalue weighted by Crippen LogP contribution is 2.50. The molecule has 1 saturated carbocycles. The summed E-state index contributed by atoms with van der Waals surface area (Å²) in [5, 5.41) is 19.1. The van der Waals surface area contributed by atoms with Crippen LogP contribution in [0.3, 0.4) is 0 Å². The van der Waals surface area contributed by atoms with Crippen molar-refractivity contribution in [3.05, 3.63) is 106 Å². The summed E-state index contributed by atoms with van der Waals surface area (Å²) in [6, 6.07) is 14.2. The van der Waals surface area contributed by atoms with Crippen molar-refractivity contribution in [2.24, 2.45) is 5.41 Å². The Labute approximate surface area is 254 Å². The molecule has 0 unspecified atom stereocenters. The lowest BCUT2D eigenvalue weighted by atomic mass is 10.0. The van der Waals surface area contributed by atoms with Crippen molar-refractivity contribution >= 4 is 28.6 Å². The number of carboxylic acids is 1. The second kappa shape index (κ2) is 11.6. The van der Waals surface area contributed by atoms with E-state index < -0.39 is 23.4 Å². The maximum atomic E-state index is 15.5. The summed E-state index contributed by atoms with van der Waals surface area (Å²) in [7, 11) is 0. The lowest BCUT2D eigenvalue weighted by Gasteiger charge is -2.16. The molecule has 1 aliphatic carbocycles. The summed E-state index contributed by atoms with van der Waals surface area (Å²) in [6.45, 7) is 0.203. The number of nitrogens with zero attached hydrogens (tertiary/aromatic N) is 5. The van der Waals surface area contributed by atoms with Gasteiger partial charge in [0.1, 0.15) is 29.9 Å². The predicted molar refractivity (Wildman–Crippen MR) is 155 cm³/mol. The largest absolute Gasteiger partial charge is 0.478 e. The quantitative estimate of drug-likeness (QED) is 0.177. The molecular weight excluding hydrogens is 595 g/mol. The number of hydrogen-bond donors (Lipinski definition) is 1. The topological polar surface area (TPSA) is 114 Å². The van der Waals surface area contributed by atoms with E-state index in [1.54, 1.807) is 6.07 Å². The van der Waals surface area contributed by atoms with Gasteiger partial charge < -0.3 is 14.4 Å². The lowest BCUT2D eigenvalue weighted by molar-refractivity contribution is 0.0697. The van der Waals surface area contributed by atoms with Crippen molar-refractivity contribution < 1.29 is 27.8 Å². The molecule has 0 aliphatic heterocycles. The van der Waals surface area contributed by atoms with Crippen molar-refractivity contribution in [1.29, 1.82) is 5.26 Å². The zero-order valence-corrected chi connectivity index (χ0v) is 23.8. The first-order chi connectivity index (χ1) is 21.1. The number of ether oxygens (including phenoxy) is 1. The van der Waals surface area contributed by atoms with Gasteiger partial charge in [-0.05, 0) is 66.9 Å². The van der Waals surface area contributed by atoms with Gasteiger partial charge in [0.15, 0.2) is 0 Å². The normalized spacial score (nSPS) is 13.5. The Morgan fingerprint density at radius 1 is 1.02 bits per heavy atom. The van der Waals surface area contributed by atoms with Crippen LogP contribution in [0.15, 0.2) is 60.8 Å². The van der Waals surface area contributed by atoms with Crippen LogP contribution in [0.2, 0.25) is 5.02 Å². The standard InChI is InChI=1S/C32H23ClF3N5O3/c33-21-3-1-19(23(34)14-21)16-44-31-38-10-5-26(40-31)22-15-24(35)20(11-25(22)36)13-29-39-27-4-2-18(30(42)43)12-28(27)41(29)17-32(6-7-32)8-9-37/h1-5,10-12,14-15H,6-8,13,16-17H2,(H,42,43). The number of carbonyl (C=O) groups is 1. The molecule has 222 valence electrons. The van der Waals surface area contributed by atoms with Gasteiger partial charge in [-0.2, -0.15) is 10.2 Å². The Bertz CT molecular complexity index is 1970. The van der Waals surface area contributed by atoms with Gasteiger partial charge in [-0.1, -0.05) is 17.7 Å². The van der Waals surface area contributed by atoms with Crippen molar-refractivity contribution in [2.45, 2.75) is 38.8 Å². The highest BCUT2D eigenvalue weighted by molar-refractivity contribution is 6.30. The van der Waals surface area contributed by atoms with E-state index >= 15 is 8.78 Å². The van der Waals surface area contributed by atoms with Gasteiger partial charge in [0.2, 0.25) is 0 Å². The molecule has 0 bridgehead atoms. The number of carboxylic acid groups (broad SMARTS) is 1. The average molecular weight is 618 g/mol. The van der Waals surface area contributed by atoms with Gasteiger partial charge in [0, 0.05) is 47.1 Å². The van der Waals surface area contributed by atoms with Crippen molar-refractivity contribution in [3.63, 3.8) is 0 Å². The first-order valence-electron chi connectivity index (χ1n) is 13.6. The van der Waals surface area contributed by atoms with Crippen LogP contribution in [0.5, 0.6) is 6.01 Å². The van der Waals surface area contributed by atoms with Crippen molar-refractivity contribution in [2.75, 3.05) is 0 Å². The summed E-state index contributed by atoms with van der Waals surface area (Å²) < 4.78 is 52.4. The minimum Gasteiger partial charge on any atom is -0.478 e. The predicted octanol–water partition coefficient (Wildman–Crippen LogP) is 7.13.